The van der Waals surface area contributed by atoms with Crippen molar-refractivity contribution < 1.29 is 17.9 Å². The molecule has 0 atom stereocenters. The van der Waals surface area contributed by atoms with E-state index in [1.807, 2.05) is 43.5 Å². The van der Waals surface area contributed by atoms with Crippen LogP contribution in [0.25, 0.3) is 0 Å². The Balaban J connectivity index is 1.68. The molecule has 1 N–H and O–H groups in total. The van der Waals surface area contributed by atoms with Gasteiger partial charge in [0.05, 0.1) is 12.8 Å². The van der Waals surface area contributed by atoms with Gasteiger partial charge < -0.3 is 10.1 Å². The minimum atomic E-state index is -3.67. The van der Waals surface area contributed by atoms with Crippen LogP contribution in [0, 0.1) is 12.8 Å². The number of ether oxygens (including phenoxy) is 1. The number of anilines is 1. The molecule has 1 amide bonds. The molecule has 1 saturated heterocycles. The van der Waals surface area contributed by atoms with Crippen LogP contribution in [-0.4, -0.2) is 45.1 Å². The van der Waals surface area contributed by atoms with Gasteiger partial charge in [0.1, 0.15) is 10.6 Å². The summed E-state index contributed by atoms with van der Waals surface area (Å²) in [5.74, 6) is 0.0663. The van der Waals surface area contributed by atoms with Crippen LogP contribution < -0.4 is 10.1 Å². The van der Waals surface area contributed by atoms with Gasteiger partial charge in [-0.2, -0.15) is 4.31 Å². The number of carbonyl (C=O) groups is 1. The molecule has 0 aromatic heterocycles. The predicted molar refractivity (Wildman–Crippen MR) is 116 cm³/mol. The smallest absolute Gasteiger partial charge is 0.246 e. The number of piperidine rings is 1. The quantitative estimate of drug-likeness (QED) is 0.701. The van der Waals surface area contributed by atoms with Crippen molar-refractivity contribution in [2.45, 2.75) is 29.6 Å². The lowest BCUT2D eigenvalue weighted by Gasteiger charge is -2.31. The average molecular weight is 435 g/mol. The summed E-state index contributed by atoms with van der Waals surface area (Å²) >= 11 is 1.58. The fourth-order valence-corrected chi connectivity index (χ4v) is 5.73. The van der Waals surface area contributed by atoms with Crippen LogP contribution in [0.5, 0.6) is 5.75 Å². The number of benzene rings is 2. The molecule has 1 fully saturated rings. The number of nitrogens with zero attached hydrogens (tertiary/aromatic N) is 1. The second-order valence-electron chi connectivity index (χ2n) is 7.02. The van der Waals surface area contributed by atoms with E-state index in [9.17, 15) is 13.2 Å². The molecule has 0 radical (unpaired) electrons. The largest absolute Gasteiger partial charge is 0.495 e. The molecule has 1 aliphatic heterocycles. The molecule has 2 aromatic carbocycles. The van der Waals surface area contributed by atoms with Crippen LogP contribution >= 0.6 is 11.8 Å². The van der Waals surface area contributed by atoms with Gasteiger partial charge in [-0.15, -0.1) is 11.8 Å². The van der Waals surface area contributed by atoms with Gasteiger partial charge in [0, 0.05) is 23.9 Å². The van der Waals surface area contributed by atoms with Crippen LogP contribution in [0.4, 0.5) is 5.69 Å². The predicted octanol–water partition coefficient (Wildman–Crippen LogP) is 3.76. The lowest BCUT2D eigenvalue weighted by Crippen LogP contribution is -2.41. The first-order chi connectivity index (χ1) is 13.9. The third-order valence-corrected chi connectivity index (χ3v) is 7.84. The molecule has 156 valence electrons. The highest BCUT2D eigenvalue weighted by molar-refractivity contribution is 7.98. The van der Waals surface area contributed by atoms with Crippen molar-refractivity contribution in [1.82, 2.24) is 4.31 Å². The van der Waals surface area contributed by atoms with Crippen LogP contribution in [0.2, 0.25) is 0 Å². The van der Waals surface area contributed by atoms with Gasteiger partial charge in [0.25, 0.3) is 0 Å². The van der Waals surface area contributed by atoms with Gasteiger partial charge in [0.2, 0.25) is 15.9 Å². The molecule has 3 rings (SSSR count). The third kappa shape index (κ3) is 4.76. The van der Waals surface area contributed by atoms with E-state index in [0.29, 0.717) is 31.7 Å². The first-order valence-electron chi connectivity index (χ1n) is 9.45. The molecule has 1 aliphatic rings. The summed E-state index contributed by atoms with van der Waals surface area (Å²) in [6, 6.07) is 12.8. The van der Waals surface area contributed by atoms with Crippen molar-refractivity contribution in [2.75, 3.05) is 31.8 Å². The lowest BCUT2D eigenvalue weighted by atomic mass is 9.97. The first-order valence-corrected chi connectivity index (χ1v) is 12.1. The van der Waals surface area contributed by atoms with Crippen molar-refractivity contribution in [3.05, 3.63) is 48.0 Å². The van der Waals surface area contributed by atoms with Crippen LogP contribution in [0.15, 0.2) is 52.3 Å². The number of nitrogens with one attached hydrogen (secondary N) is 1. The average Bonchev–Trinajstić information content (AvgIpc) is 2.74. The number of para-hydroxylation sites is 1. The number of thioether (sulfide) groups is 1. The summed E-state index contributed by atoms with van der Waals surface area (Å²) in [4.78, 5) is 13.9. The number of rotatable bonds is 6. The number of hydrogen-bond donors (Lipinski definition) is 1. The summed E-state index contributed by atoms with van der Waals surface area (Å²) < 4.78 is 32.9. The normalized spacial score (nSPS) is 15.8. The maximum atomic E-state index is 13.1. The Morgan fingerprint density at radius 2 is 1.86 bits per heavy atom. The van der Waals surface area contributed by atoms with E-state index >= 15 is 0 Å². The molecule has 0 unspecified atom stereocenters. The summed E-state index contributed by atoms with van der Waals surface area (Å²) in [7, 11) is -2.21. The second kappa shape index (κ2) is 9.19. The zero-order valence-corrected chi connectivity index (χ0v) is 18.5. The number of sulfonamides is 1. The van der Waals surface area contributed by atoms with Crippen molar-refractivity contribution in [2.24, 2.45) is 5.92 Å². The summed E-state index contributed by atoms with van der Waals surface area (Å²) in [5, 5.41) is 2.99. The van der Waals surface area contributed by atoms with Gasteiger partial charge in [-0.05, 0) is 55.9 Å². The molecule has 2 aromatic rings. The molecule has 1 heterocycles. The minimum absolute atomic E-state index is 0.0586. The molecular formula is C21H26N2O4S2. The standard InChI is InChI=1S/C21H26N2O4S2/c1-15-8-9-18(27-2)20(14-15)29(25,26)23-12-10-16(11-13-23)21(24)22-17-6-4-5-7-19(17)28-3/h4-9,14,16H,10-13H2,1-3H3,(H,22,24). The number of aryl methyl sites for hydroxylation is 1. The van der Waals surface area contributed by atoms with Crippen LogP contribution in [-0.2, 0) is 14.8 Å². The monoisotopic (exact) mass is 434 g/mol. The van der Waals surface area contributed by atoms with Gasteiger partial charge in [-0.1, -0.05) is 18.2 Å². The molecule has 29 heavy (non-hydrogen) atoms. The Bertz CT molecular complexity index is 984. The fourth-order valence-electron chi connectivity index (χ4n) is 3.47. The molecule has 0 bridgehead atoms. The third-order valence-electron chi connectivity index (χ3n) is 5.13. The highest BCUT2D eigenvalue weighted by Crippen LogP contribution is 2.31. The number of carbonyl (C=O) groups excluding carboxylic acids is 1. The van der Waals surface area contributed by atoms with Crippen molar-refractivity contribution >= 4 is 33.4 Å². The van der Waals surface area contributed by atoms with E-state index in [0.717, 1.165) is 16.1 Å². The van der Waals surface area contributed by atoms with Crippen molar-refractivity contribution in [1.29, 1.82) is 0 Å². The summed E-state index contributed by atoms with van der Waals surface area (Å²) in [5.41, 5.74) is 1.65. The Kier molecular flexibility index (Phi) is 6.87. The molecule has 0 spiro atoms. The van der Waals surface area contributed by atoms with Gasteiger partial charge >= 0.3 is 0 Å². The van der Waals surface area contributed by atoms with E-state index in [1.165, 1.54) is 11.4 Å². The van der Waals surface area contributed by atoms with Crippen LogP contribution in [0.1, 0.15) is 18.4 Å². The fraction of sp³-hybridized carbons (Fsp3) is 0.381. The molecule has 6 nitrogen and oxygen atoms in total. The topological polar surface area (TPSA) is 75.7 Å². The van der Waals surface area contributed by atoms with E-state index < -0.39 is 10.0 Å². The maximum absolute atomic E-state index is 13.1. The number of methoxy groups -OCH3 is 1. The van der Waals surface area contributed by atoms with E-state index in [-0.39, 0.29) is 16.7 Å². The van der Waals surface area contributed by atoms with E-state index in [2.05, 4.69) is 5.32 Å². The highest BCUT2D eigenvalue weighted by Gasteiger charge is 2.33. The maximum Gasteiger partial charge on any atom is 0.246 e. The van der Waals surface area contributed by atoms with Crippen molar-refractivity contribution in [3.63, 3.8) is 0 Å². The van der Waals surface area contributed by atoms with Crippen LogP contribution in [0.3, 0.4) is 0 Å². The molecule has 0 saturated carbocycles. The first kappa shape index (κ1) is 21.7. The summed E-state index contributed by atoms with van der Waals surface area (Å²) in [6.07, 6.45) is 2.94. The molecular weight excluding hydrogens is 408 g/mol. The Labute approximate surface area is 176 Å². The van der Waals surface area contributed by atoms with E-state index in [4.69, 9.17) is 4.74 Å². The zero-order valence-electron chi connectivity index (χ0n) is 16.8. The van der Waals surface area contributed by atoms with Gasteiger partial charge in [0.15, 0.2) is 0 Å². The number of hydrogen-bond acceptors (Lipinski definition) is 5. The highest BCUT2D eigenvalue weighted by atomic mass is 32.2. The van der Waals surface area contributed by atoms with Gasteiger partial charge in [-0.25, -0.2) is 8.42 Å². The van der Waals surface area contributed by atoms with Gasteiger partial charge in [-0.3, -0.25) is 4.79 Å². The van der Waals surface area contributed by atoms with Crippen molar-refractivity contribution in [3.8, 4) is 5.75 Å². The minimum Gasteiger partial charge on any atom is -0.495 e. The molecule has 0 aliphatic carbocycles. The Morgan fingerprint density at radius 3 is 2.52 bits per heavy atom. The summed E-state index contributed by atoms with van der Waals surface area (Å²) in [6.45, 7) is 2.46. The second-order valence-corrected chi connectivity index (χ2v) is 9.78. The van der Waals surface area contributed by atoms with E-state index in [1.54, 1.807) is 23.9 Å². The number of amides is 1. The lowest BCUT2D eigenvalue weighted by molar-refractivity contribution is -0.120. The zero-order chi connectivity index (χ0) is 21.0. The SMILES string of the molecule is COc1ccc(C)cc1S(=O)(=O)N1CCC(C(=O)Nc2ccccc2SC)CC1. The Hall–Kier alpha value is -2.03. The molecule has 8 heteroatoms. The Morgan fingerprint density at radius 1 is 1.17 bits per heavy atom.